The number of hydrogen-bond acceptors (Lipinski definition) is 1. The molecule has 0 bridgehead atoms. The third-order valence-electron chi connectivity index (χ3n) is 2.17. The summed E-state index contributed by atoms with van der Waals surface area (Å²) in [6.45, 7) is 5.90. The minimum Gasteiger partial charge on any atom is -0.263 e. The fourth-order valence-corrected chi connectivity index (χ4v) is 1.81. The summed E-state index contributed by atoms with van der Waals surface area (Å²) in [5.41, 5.74) is 1.12. The van der Waals surface area contributed by atoms with Crippen molar-refractivity contribution in [2.45, 2.75) is 13.3 Å². The third-order valence-corrected chi connectivity index (χ3v) is 3.21. The van der Waals surface area contributed by atoms with Gasteiger partial charge in [-0.1, -0.05) is 13.0 Å². The molecule has 1 nitrogen and oxygen atoms in total. The van der Waals surface area contributed by atoms with E-state index in [1.165, 1.54) is 5.56 Å². The van der Waals surface area contributed by atoms with E-state index in [1.54, 1.807) is 6.20 Å². The van der Waals surface area contributed by atoms with Crippen LogP contribution in [0.4, 0.5) is 0 Å². The largest absolute Gasteiger partial charge is 0.263 e. The maximum Gasteiger partial charge on any atom is 0.0410 e. The van der Waals surface area contributed by atoms with Gasteiger partial charge in [0.15, 0.2) is 0 Å². The molecular formula is C11H13BrClN. The highest BCUT2D eigenvalue weighted by Gasteiger charge is 2.19. The third kappa shape index (κ3) is 3.10. The predicted octanol–water partition coefficient (Wildman–Crippen LogP) is 3.82. The summed E-state index contributed by atoms with van der Waals surface area (Å²) in [7, 11) is 0. The van der Waals surface area contributed by atoms with Crippen LogP contribution in [0.3, 0.4) is 0 Å². The van der Waals surface area contributed by atoms with Crippen LogP contribution in [0.25, 0.3) is 0 Å². The number of halogens is 2. The first-order chi connectivity index (χ1) is 6.59. The van der Waals surface area contributed by atoms with Crippen molar-refractivity contribution in [1.29, 1.82) is 0 Å². The Morgan fingerprint density at radius 3 is 2.86 bits per heavy atom. The highest BCUT2D eigenvalue weighted by atomic mass is 79.9. The van der Waals surface area contributed by atoms with Gasteiger partial charge in [-0.25, -0.2) is 0 Å². The Hall–Kier alpha value is -0.340. The maximum atomic E-state index is 5.90. The fourth-order valence-electron chi connectivity index (χ4n) is 1.19. The van der Waals surface area contributed by atoms with Crippen molar-refractivity contribution in [3.8, 4) is 0 Å². The molecule has 0 spiro atoms. The second-order valence-corrected chi connectivity index (χ2v) is 4.86. The molecule has 0 radical (unpaired) electrons. The molecule has 1 rings (SSSR count). The Morgan fingerprint density at radius 1 is 1.64 bits per heavy atom. The molecule has 0 saturated heterocycles. The summed E-state index contributed by atoms with van der Waals surface area (Å²) in [6.07, 6.45) is 6.40. The van der Waals surface area contributed by atoms with Gasteiger partial charge in [0.2, 0.25) is 0 Å². The molecule has 0 aliphatic carbocycles. The first-order valence-electron chi connectivity index (χ1n) is 4.38. The number of hydrogen-bond donors (Lipinski definition) is 0. The smallest absolute Gasteiger partial charge is 0.0410 e. The minimum absolute atomic E-state index is 0.0516. The monoisotopic (exact) mass is 273 g/mol. The van der Waals surface area contributed by atoms with E-state index in [2.05, 4.69) is 40.5 Å². The molecule has 3 heteroatoms. The van der Waals surface area contributed by atoms with Gasteiger partial charge in [0.25, 0.3) is 0 Å². The van der Waals surface area contributed by atoms with Crippen LogP contribution in [-0.2, 0) is 6.42 Å². The first-order valence-corrected chi connectivity index (χ1v) is 5.71. The van der Waals surface area contributed by atoms with Gasteiger partial charge in [0.05, 0.1) is 0 Å². The Morgan fingerprint density at radius 2 is 2.36 bits per heavy atom. The van der Waals surface area contributed by atoms with Crippen molar-refractivity contribution in [3.63, 3.8) is 0 Å². The summed E-state index contributed by atoms with van der Waals surface area (Å²) >= 11 is 9.29. The van der Waals surface area contributed by atoms with Crippen LogP contribution in [0.2, 0.25) is 0 Å². The lowest BCUT2D eigenvalue weighted by molar-refractivity contribution is 0.485. The molecule has 1 heterocycles. The van der Waals surface area contributed by atoms with Gasteiger partial charge >= 0.3 is 0 Å². The molecule has 14 heavy (non-hydrogen) atoms. The van der Waals surface area contributed by atoms with Gasteiger partial charge in [0.1, 0.15) is 0 Å². The average molecular weight is 275 g/mol. The lowest BCUT2D eigenvalue weighted by Crippen LogP contribution is -2.18. The van der Waals surface area contributed by atoms with Crippen LogP contribution in [-0.4, -0.2) is 10.9 Å². The maximum absolute atomic E-state index is 5.90. The fraction of sp³-hybridized carbons (Fsp3) is 0.364. The molecule has 1 atom stereocenters. The van der Waals surface area contributed by atoms with Crippen molar-refractivity contribution >= 4 is 27.5 Å². The van der Waals surface area contributed by atoms with Gasteiger partial charge in [-0.15, -0.1) is 18.2 Å². The summed E-state index contributed by atoms with van der Waals surface area (Å²) < 4.78 is 0.996. The zero-order chi connectivity index (χ0) is 10.6. The summed E-state index contributed by atoms with van der Waals surface area (Å²) in [5, 5.41) is 0. The second-order valence-electron chi connectivity index (χ2n) is 3.68. The zero-order valence-corrected chi connectivity index (χ0v) is 10.5. The van der Waals surface area contributed by atoms with Gasteiger partial charge in [-0.3, -0.25) is 4.98 Å². The summed E-state index contributed by atoms with van der Waals surface area (Å²) in [6, 6.07) is 2.06. The van der Waals surface area contributed by atoms with Gasteiger partial charge in [-0.05, 0) is 34.0 Å². The Kier molecular flexibility index (Phi) is 4.14. The molecule has 1 aromatic heterocycles. The molecule has 0 N–H and O–H groups in total. The van der Waals surface area contributed by atoms with Gasteiger partial charge in [0, 0.05) is 28.2 Å². The van der Waals surface area contributed by atoms with E-state index in [0.717, 1.165) is 10.9 Å². The Bertz CT molecular complexity index is 327. The van der Waals surface area contributed by atoms with Crippen LogP contribution >= 0.6 is 27.5 Å². The molecule has 0 aliphatic rings. The highest BCUT2D eigenvalue weighted by Crippen LogP contribution is 2.26. The standard InChI is InChI=1S/C11H13BrClN/c1-3-11(2,8-13)5-9-4-10(12)7-14-6-9/h3-4,6-7H,1,5,8H2,2H3. The molecule has 76 valence electrons. The number of pyridine rings is 1. The molecular weight excluding hydrogens is 261 g/mol. The van der Waals surface area contributed by atoms with E-state index < -0.39 is 0 Å². The average Bonchev–Trinajstić information content (AvgIpc) is 2.18. The molecule has 0 amide bonds. The minimum atomic E-state index is -0.0516. The first kappa shape index (κ1) is 11.7. The van der Waals surface area contributed by atoms with Crippen molar-refractivity contribution in [1.82, 2.24) is 4.98 Å². The van der Waals surface area contributed by atoms with Crippen LogP contribution in [0, 0.1) is 5.41 Å². The normalized spacial score (nSPS) is 14.8. The van der Waals surface area contributed by atoms with E-state index >= 15 is 0 Å². The SMILES string of the molecule is C=CC(C)(CCl)Cc1cncc(Br)c1. The second kappa shape index (κ2) is 4.94. The molecule has 1 aromatic rings. The topological polar surface area (TPSA) is 12.9 Å². The summed E-state index contributed by atoms with van der Waals surface area (Å²) in [4.78, 5) is 4.11. The van der Waals surface area contributed by atoms with E-state index in [-0.39, 0.29) is 5.41 Å². The summed E-state index contributed by atoms with van der Waals surface area (Å²) in [5.74, 6) is 0.572. The van der Waals surface area contributed by atoms with Crippen LogP contribution in [0.1, 0.15) is 12.5 Å². The van der Waals surface area contributed by atoms with Crippen LogP contribution in [0.15, 0.2) is 35.6 Å². The highest BCUT2D eigenvalue weighted by molar-refractivity contribution is 9.10. The number of alkyl halides is 1. The molecule has 1 unspecified atom stereocenters. The zero-order valence-electron chi connectivity index (χ0n) is 8.13. The lowest BCUT2D eigenvalue weighted by Gasteiger charge is -2.22. The Balaban J connectivity index is 2.82. The Labute approximate surface area is 98.3 Å². The van der Waals surface area contributed by atoms with Crippen LogP contribution < -0.4 is 0 Å². The lowest BCUT2D eigenvalue weighted by atomic mass is 9.86. The van der Waals surface area contributed by atoms with E-state index in [1.807, 2.05) is 12.3 Å². The van der Waals surface area contributed by atoms with E-state index in [4.69, 9.17) is 11.6 Å². The number of nitrogens with zero attached hydrogens (tertiary/aromatic N) is 1. The number of allylic oxidation sites excluding steroid dienone is 1. The molecule has 0 aliphatic heterocycles. The van der Waals surface area contributed by atoms with Crippen molar-refractivity contribution < 1.29 is 0 Å². The predicted molar refractivity (Wildman–Crippen MR) is 64.7 cm³/mol. The van der Waals surface area contributed by atoms with E-state index in [0.29, 0.717) is 5.88 Å². The van der Waals surface area contributed by atoms with Crippen molar-refractivity contribution in [2.75, 3.05) is 5.88 Å². The van der Waals surface area contributed by atoms with Crippen molar-refractivity contribution in [2.24, 2.45) is 5.41 Å². The van der Waals surface area contributed by atoms with Gasteiger partial charge < -0.3 is 0 Å². The quantitative estimate of drug-likeness (QED) is 0.601. The molecule has 0 fully saturated rings. The van der Waals surface area contributed by atoms with Crippen LogP contribution in [0.5, 0.6) is 0 Å². The van der Waals surface area contributed by atoms with E-state index in [9.17, 15) is 0 Å². The van der Waals surface area contributed by atoms with Crippen molar-refractivity contribution in [3.05, 3.63) is 41.2 Å². The molecule has 0 aromatic carbocycles. The van der Waals surface area contributed by atoms with Gasteiger partial charge in [-0.2, -0.15) is 0 Å². The number of rotatable bonds is 4. The number of aromatic nitrogens is 1. The molecule has 0 saturated carbocycles.